The van der Waals surface area contributed by atoms with Gasteiger partial charge in [0.15, 0.2) is 0 Å². The molecule has 2 heterocycles. The Labute approximate surface area is 98.1 Å². The zero-order chi connectivity index (χ0) is 11.5. The summed E-state index contributed by atoms with van der Waals surface area (Å²) in [5.41, 5.74) is 0. The molecule has 0 aromatic carbocycles. The lowest BCUT2D eigenvalue weighted by molar-refractivity contribution is -0.127. The van der Waals surface area contributed by atoms with E-state index < -0.39 is 0 Å². The molecule has 3 nitrogen and oxygen atoms in total. The maximum Gasteiger partial charge on any atom is 0.138 e. The van der Waals surface area contributed by atoms with Gasteiger partial charge in [0, 0.05) is 38.1 Å². The molecule has 3 unspecified atom stereocenters. The molecule has 0 bridgehead atoms. The van der Waals surface area contributed by atoms with E-state index in [0.29, 0.717) is 11.8 Å². The van der Waals surface area contributed by atoms with Crippen LogP contribution in [0, 0.1) is 11.8 Å². The van der Waals surface area contributed by atoms with Gasteiger partial charge in [0.1, 0.15) is 5.78 Å². The molecule has 2 saturated heterocycles. The number of carbonyl (C=O) groups is 1. The Hall–Kier alpha value is -0.410. The minimum Gasteiger partial charge on any atom is -0.381 e. The van der Waals surface area contributed by atoms with Crippen LogP contribution in [-0.4, -0.2) is 43.0 Å². The third kappa shape index (κ3) is 2.64. The lowest BCUT2D eigenvalue weighted by Gasteiger charge is -2.37. The lowest BCUT2D eigenvalue weighted by Crippen LogP contribution is -2.47. The van der Waals surface area contributed by atoms with Crippen molar-refractivity contribution in [2.45, 2.75) is 39.2 Å². The SMILES string of the molecule is CC1C(=O)CCN(CCC2CCOC2)C1C. The molecule has 0 spiro atoms. The van der Waals surface area contributed by atoms with E-state index in [9.17, 15) is 4.79 Å². The molecule has 0 saturated carbocycles. The molecule has 0 amide bonds. The summed E-state index contributed by atoms with van der Waals surface area (Å²) in [7, 11) is 0. The molecule has 2 aliphatic heterocycles. The molecule has 2 fully saturated rings. The molecule has 2 rings (SSSR count). The maximum atomic E-state index is 11.6. The Morgan fingerprint density at radius 1 is 1.44 bits per heavy atom. The number of piperidine rings is 1. The number of nitrogens with zero attached hydrogens (tertiary/aromatic N) is 1. The number of rotatable bonds is 3. The zero-order valence-electron chi connectivity index (χ0n) is 10.4. The van der Waals surface area contributed by atoms with Crippen LogP contribution in [0.4, 0.5) is 0 Å². The summed E-state index contributed by atoms with van der Waals surface area (Å²) in [5, 5.41) is 0. The summed E-state index contributed by atoms with van der Waals surface area (Å²) < 4.78 is 5.39. The third-order valence-corrected chi connectivity index (χ3v) is 4.30. The van der Waals surface area contributed by atoms with Crippen molar-refractivity contribution in [1.82, 2.24) is 4.90 Å². The fourth-order valence-electron chi connectivity index (χ4n) is 2.75. The second-order valence-electron chi connectivity index (χ2n) is 5.30. The summed E-state index contributed by atoms with van der Waals surface area (Å²) >= 11 is 0. The highest BCUT2D eigenvalue weighted by Crippen LogP contribution is 2.23. The van der Waals surface area contributed by atoms with Crippen LogP contribution in [0.2, 0.25) is 0 Å². The van der Waals surface area contributed by atoms with Crippen molar-refractivity contribution in [3.8, 4) is 0 Å². The molecule has 3 heteroatoms. The summed E-state index contributed by atoms with van der Waals surface area (Å²) in [6, 6.07) is 0.420. The summed E-state index contributed by atoms with van der Waals surface area (Å²) in [6.45, 7) is 8.22. The van der Waals surface area contributed by atoms with E-state index in [0.717, 1.165) is 38.6 Å². The van der Waals surface area contributed by atoms with Crippen LogP contribution in [0.5, 0.6) is 0 Å². The first kappa shape index (κ1) is 12.1. The van der Waals surface area contributed by atoms with Crippen molar-refractivity contribution in [2.24, 2.45) is 11.8 Å². The monoisotopic (exact) mass is 225 g/mol. The topological polar surface area (TPSA) is 29.5 Å². The number of carbonyl (C=O) groups excluding carboxylic acids is 1. The van der Waals surface area contributed by atoms with E-state index in [2.05, 4.69) is 18.7 Å². The van der Waals surface area contributed by atoms with Gasteiger partial charge in [-0.2, -0.15) is 0 Å². The zero-order valence-corrected chi connectivity index (χ0v) is 10.4. The Kier molecular flexibility index (Phi) is 3.98. The van der Waals surface area contributed by atoms with Crippen LogP contribution in [0.25, 0.3) is 0 Å². The van der Waals surface area contributed by atoms with Crippen LogP contribution < -0.4 is 0 Å². The van der Waals surface area contributed by atoms with Crippen molar-refractivity contribution >= 4 is 5.78 Å². The molecule has 16 heavy (non-hydrogen) atoms. The van der Waals surface area contributed by atoms with E-state index in [1.54, 1.807) is 0 Å². The number of ketones is 1. The minimum absolute atomic E-state index is 0.216. The van der Waals surface area contributed by atoms with Crippen molar-refractivity contribution in [2.75, 3.05) is 26.3 Å². The first-order valence-corrected chi connectivity index (χ1v) is 6.53. The number of hydrogen-bond acceptors (Lipinski definition) is 3. The molecule has 0 N–H and O–H groups in total. The fraction of sp³-hybridized carbons (Fsp3) is 0.923. The van der Waals surface area contributed by atoms with Crippen molar-refractivity contribution in [3.63, 3.8) is 0 Å². The molecule has 0 aromatic rings. The molecule has 0 aliphatic carbocycles. The van der Waals surface area contributed by atoms with Gasteiger partial charge in [0.25, 0.3) is 0 Å². The van der Waals surface area contributed by atoms with Crippen molar-refractivity contribution in [1.29, 1.82) is 0 Å². The highest BCUT2D eigenvalue weighted by molar-refractivity contribution is 5.82. The number of hydrogen-bond donors (Lipinski definition) is 0. The van der Waals surface area contributed by atoms with Crippen LogP contribution >= 0.6 is 0 Å². The Morgan fingerprint density at radius 3 is 2.94 bits per heavy atom. The molecule has 0 aromatic heterocycles. The van der Waals surface area contributed by atoms with Crippen LogP contribution in [0.15, 0.2) is 0 Å². The average Bonchev–Trinajstić information content (AvgIpc) is 2.78. The summed E-state index contributed by atoms with van der Waals surface area (Å²) in [4.78, 5) is 14.0. The first-order valence-electron chi connectivity index (χ1n) is 6.53. The van der Waals surface area contributed by atoms with E-state index in [1.807, 2.05) is 0 Å². The number of Topliss-reactive ketones (excluding diaryl/α,β-unsaturated/α-hetero) is 1. The highest BCUT2D eigenvalue weighted by atomic mass is 16.5. The van der Waals surface area contributed by atoms with Gasteiger partial charge in [-0.1, -0.05) is 6.92 Å². The second kappa shape index (κ2) is 5.28. The molecule has 92 valence electrons. The van der Waals surface area contributed by atoms with E-state index in [1.165, 1.54) is 12.8 Å². The van der Waals surface area contributed by atoms with Crippen LogP contribution in [0.3, 0.4) is 0 Å². The fourth-order valence-corrected chi connectivity index (χ4v) is 2.75. The van der Waals surface area contributed by atoms with E-state index in [-0.39, 0.29) is 5.92 Å². The number of ether oxygens (including phenoxy) is 1. The van der Waals surface area contributed by atoms with Crippen LogP contribution in [0.1, 0.15) is 33.1 Å². The van der Waals surface area contributed by atoms with Gasteiger partial charge in [-0.25, -0.2) is 0 Å². The second-order valence-corrected chi connectivity index (χ2v) is 5.30. The van der Waals surface area contributed by atoms with Crippen molar-refractivity contribution in [3.05, 3.63) is 0 Å². The predicted octanol–water partition coefficient (Wildman–Crippen LogP) is 1.71. The van der Waals surface area contributed by atoms with Gasteiger partial charge < -0.3 is 4.74 Å². The Bertz CT molecular complexity index is 248. The normalized spacial score (nSPS) is 36.9. The van der Waals surface area contributed by atoms with Crippen LogP contribution in [-0.2, 0) is 9.53 Å². The molecule has 2 aliphatic rings. The lowest BCUT2D eigenvalue weighted by atomic mass is 9.90. The summed E-state index contributed by atoms with van der Waals surface area (Å²) in [6.07, 6.45) is 3.19. The molecular weight excluding hydrogens is 202 g/mol. The average molecular weight is 225 g/mol. The Morgan fingerprint density at radius 2 is 2.25 bits per heavy atom. The maximum absolute atomic E-state index is 11.6. The van der Waals surface area contributed by atoms with Gasteiger partial charge in [0.2, 0.25) is 0 Å². The largest absolute Gasteiger partial charge is 0.381 e. The highest BCUT2D eigenvalue weighted by Gasteiger charge is 2.30. The first-order chi connectivity index (χ1) is 7.68. The van der Waals surface area contributed by atoms with E-state index >= 15 is 0 Å². The summed E-state index contributed by atoms with van der Waals surface area (Å²) in [5.74, 6) is 1.40. The molecule has 0 radical (unpaired) electrons. The standard InChI is InChI=1S/C13H23NO2/c1-10-11(2)14(7-4-13(10)15)6-3-12-5-8-16-9-12/h10-12H,3-9H2,1-2H3. The molecular formula is C13H23NO2. The minimum atomic E-state index is 0.216. The smallest absolute Gasteiger partial charge is 0.138 e. The van der Waals surface area contributed by atoms with Gasteiger partial charge in [-0.15, -0.1) is 0 Å². The van der Waals surface area contributed by atoms with Gasteiger partial charge >= 0.3 is 0 Å². The van der Waals surface area contributed by atoms with Gasteiger partial charge in [-0.05, 0) is 32.2 Å². The van der Waals surface area contributed by atoms with Gasteiger partial charge in [-0.3, -0.25) is 9.69 Å². The number of likely N-dealkylation sites (tertiary alicyclic amines) is 1. The predicted molar refractivity (Wildman–Crippen MR) is 63.4 cm³/mol. The Balaban J connectivity index is 1.78. The van der Waals surface area contributed by atoms with Gasteiger partial charge in [0.05, 0.1) is 0 Å². The quantitative estimate of drug-likeness (QED) is 0.732. The molecule has 3 atom stereocenters. The van der Waals surface area contributed by atoms with Crippen molar-refractivity contribution < 1.29 is 9.53 Å². The van der Waals surface area contributed by atoms with E-state index in [4.69, 9.17) is 4.74 Å². The third-order valence-electron chi connectivity index (χ3n) is 4.30.